The van der Waals surface area contributed by atoms with Crippen molar-refractivity contribution in [2.45, 2.75) is 72.4 Å². The topological polar surface area (TPSA) is 85.3 Å². The summed E-state index contributed by atoms with van der Waals surface area (Å²) in [5, 5.41) is 9.99. The number of benzene rings is 1. The molecule has 1 atom stereocenters. The van der Waals surface area contributed by atoms with Gasteiger partial charge in [0, 0.05) is 12.1 Å². The quantitative estimate of drug-likeness (QED) is 0.338. The van der Waals surface area contributed by atoms with Crippen LogP contribution in [0.1, 0.15) is 65.0 Å². The van der Waals surface area contributed by atoms with Gasteiger partial charge in [-0.05, 0) is 83.7 Å². The summed E-state index contributed by atoms with van der Waals surface area (Å²) in [7, 11) is 2.96. The number of ether oxygens (including phenoxy) is 3. The predicted octanol–water partition coefficient (Wildman–Crippen LogP) is 5.82. The molecular weight excluding hydrogens is 422 g/mol. The highest BCUT2D eigenvalue weighted by Gasteiger charge is 2.37. The highest BCUT2D eigenvalue weighted by molar-refractivity contribution is 5.82. The summed E-state index contributed by atoms with van der Waals surface area (Å²) in [5.74, 6) is 0.723. The lowest BCUT2D eigenvalue weighted by Crippen LogP contribution is -2.43. The maximum Gasteiger partial charge on any atom is 0.411 e. The van der Waals surface area contributed by atoms with Crippen LogP contribution in [0.2, 0.25) is 0 Å². The monoisotopic (exact) mass is 461 g/mol. The van der Waals surface area contributed by atoms with E-state index < -0.39 is 17.7 Å². The van der Waals surface area contributed by atoms with Gasteiger partial charge in [-0.2, -0.15) is 0 Å². The standard InChI is InChI=1S/C15H20O2.C11H19NO4/c1-5-11(2)6-9-15(16)14-8-7-13(17-4)10-12(14)3;1-11(2,3)16-10(14)12-7-5-6-8(12)9(13)15-4/h6-10,16H,5H2,1-4H3;8H,5-7H2,1-4H3/b11-6?,15-9+;. The molecule has 1 saturated heterocycles. The molecule has 1 aliphatic rings. The number of rotatable bonds is 5. The van der Waals surface area contributed by atoms with Gasteiger partial charge >= 0.3 is 12.1 Å². The summed E-state index contributed by atoms with van der Waals surface area (Å²) < 4.78 is 15.0. The van der Waals surface area contributed by atoms with Gasteiger partial charge in [-0.15, -0.1) is 0 Å². The zero-order valence-corrected chi connectivity index (χ0v) is 21.2. The highest BCUT2D eigenvalue weighted by atomic mass is 16.6. The Morgan fingerprint density at radius 2 is 1.88 bits per heavy atom. The second kappa shape index (κ2) is 12.9. The van der Waals surface area contributed by atoms with Gasteiger partial charge in [0.25, 0.3) is 0 Å². The summed E-state index contributed by atoms with van der Waals surface area (Å²) in [6, 6.07) is 5.15. The first-order valence-electron chi connectivity index (χ1n) is 11.2. The normalized spacial score (nSPS) is 16.6. The van der Waals surface area contributed by atoms with Gasteiger partial charge in [0.15, 0.2) is 0 Å². The zero-order valence-electron chi connectivity index (χ0n) is 21.2. The summed E-state index contributed by atoms with van der Waals surface area (Å²) in [5.41, 5.74) is 2.54. The predicted molar refractivity (Wildman–Crippen MR) is 130 cm³/mol. The van der Waals surface area contributed by atoms with Gasteiger partial charge in [0.2, 0.25) is 0 Å². The van der Waals surface area contributed by atoms with Crippen molar-refractivity contribution in [1.29, 1.82) is 0 Å². The van der Waals surface area contributed by atoms with Crippen LogP contribution in [0.4, 0.5) is 4.79 Å². The zero-order chi connectivity index (χ0) is 25.2. The van der Waals surface area contributed by atoms with E-state index >= 15 is 0 Å². The second-order valence-corrected chi connectivity index (χ2v) is 8.95. The fourth-order valence-corrected chi connectivity index (χ4v) is 3.17. The number of aryl methyl sites for hydroxylation is 1. The number of carbonyl (C=O) groups is 2. The Kier molecular flexibility index (Phi) is 11.0. The van der Waals surface area contributed by atoms with Crippen LogP contribution in [0, 0.1) is 6.92 Å². The van der Waals surface area contributed by atoms with Crippen LogP contribution in [0.15, 0.2) is 35.9 Å². The van der Waals surface area contributed by atoms with E-state index in [-0.39, 0.29) is 11.7 Å². The largest absolute Gasteiger partial charge is 0.507 e. The van der Waals surface area contributed by atoms with E-state index in [4.69, 9.17) is 9.47 Å². The van der Waals surface area contributed by atoms with Crippen molar-refractivity contribution in [2.24, 2.45) is 0 Å². The molecule has 7 nitrogen and oxygen atoms in total. The molecule has 1 N–H and O–H groups in total. The number of allylic oxidation sites excluding steroid dienone is 3. The van der Waals surface area contributed by atoms with Crippen LogP contribution in [0.5, 0.6) is 5.75 Å². The van der Waals surface area contributed by atoms with Crippen LogP contribution in [-0.4, -0.2) is 54.5 Å². The summed E-state index contributed by atoms with van der Waals surface area (Å²) >= 11 is 0. The van der Waals surface area contributed by atoms with Crippen LogP contribution < -0.4 is 4.74 Å². The number of aliphatic hydroxyl groups excluding tert-OH is 1. The van der Waals surface area contributed by atoms with Crippen molar-refractivity contribution in [3.8, 4) is 5.75 Å². The molecule has 0 spiro atoms. The number of carbonyl (C=O) groups excluding carboxylic acids is 2. The molecule has 1 aliphatic heterocycles. The number of esters is 1. The molecule has 1 unspecified atom stereocenters. The Bertz CT molecular complexity index is 866. The van der Waals surface area contributed by atoms with Crippen LogP contribution >= 0.6 is 0 Å². The van der Waals surface area contributed by atoms with Gasteiger partial charge in [0.1, 0.15) is 23.2 Å². The lowest BCUT2D eigenvalue weighted by atomic mass is 10.1. The summed E-state index contributed by atoms with van der Waals surface area (Å²) in [6.45, 7) is 12.0. The number of aliphatic hydroxyl groups is 1. The number of methoxy groups -OCH3 is 2. The molecule has 7 heteroatoms. The Morgan fingerprint density at radius 1 is 1.21 bits per heavy atom. The van der Waals surface area contributed by atoms with Crippen molar-refractivity contribution in [3.63, 3.8) is 0 Å². The Balaban J connectivity index is 0.000000331. The van der Waals surface area contributed by atoms with E-state index in [0.29, 0.717) is 13.0 Å². The summed E-state index contributed by atoms with van der Waals surface area (Å²) in [4.78, 5) is 24.7. The van der Waals surface area contributed by atoms with Gasteiger partial charge < -0.3 is 19.3 Å². The molecule has 1 heterocycles. The first-order valence-corrected chi connectivity index (χ1v) is 11.2. The first kappa shape index (κ1) is 28.1. The fourth-order valence-electron chi connectivity index (χ4n) is 3.17. The van der Waals surface area contributed by atoms with Gasteiger partial charge in [-0.25, -0.2) is 9.59 Å². The van der Waals surface area contributed by atoms with Gasteiger partial charge in [-0.3, -0.25) is 4.90 Å². The fraction of sp³-hybridized carbons (Fsp3) is 0.538. The minimum absolute atomic E-state index is 0.290. The molecule has 1 fully saturated rings. The van der Waals surface area contributed by atoms with E-state index in [9.17, 15) is 14.7 Å². The first-order chi connectivity index (χ1) is 15.4. The maximum absolute atomic E-state index is 11.8. The average Bonchev–Trinajstić information content (AvgIpc) is 3.26. The smallest absolute Gasteiger partial charge is 0.411 e. The Hall–Kier alpha value is -2.96. The van der Waals surface area contributed by atoms with Crippen LogP contribution in [0.25, 0.3) is 5.76 Å². The molecule has 0 aliphatic carbocycles. The van der Waals surface area contributed by atoms with Gasteiger partial charge in [-0.1, -0.05) is 18.6 Å². The Labute approximate surface area is 198 Å². The highest BCUT2D eigenvalue weighted by Crippen LogP contribution is 2.23. The third-order valence-corrected chi connectivity index (χ3v) is 5.15. The second-order valence-electron chi connectivity index (χ2n) is 8.95. The summed E-state index contributed by atoms with van der Waals surface area (Å²) in [6.07, 6.45) is 5.68. The molecule has 184 valence electrons. The third-order valence-electron chi connectivity index (χ3n) is 5.15. The van der Waals surface area contributed by atoms with E-state index in [0.717, 1.165) is 29.7 Å². The van der Waals surface area contributed by atoms with Crippen molar-refractivity contribution >= 4 is 17.8 Å². The number of nitrogens with zero attached hydrogens (tertiary/aromatic N) is 1. The lowest BCUT2D eigenvalue weighted by Gasteiger charge is -2.27. The number of amides is 1. The molecule has 33 heavy (non-hydrogen) atoms. The minimum Gasteiger partial charge on any atom is -0.507 e. The molecule has 2 rings (SSSR count). The van der Waals surface area contributed by atoms with Crippen molar-refractivity contribution in [2.75, 3.05) is 20.8 Å². The molecule has 1 amide bonds. The lowest BCUT2D eigenvalue weighted by molar-refractivity contribution is -0.145. The molecule has 0 radical (unpaired) electrons. The van der Waals surface area contributed by atoms with E-state index in [2.05, 4.69) is 11.7 Å². The van der Waals surface area contributed by atoms with E-state index in [1.165, 1.54) is 17.6 Å². The number of likely N-dealkylation sites (tertiary alicyclic amines) is 1. The van der Waals surface area contributed by atoms with Crippen molar-refractivity contribution < 1.29 is 28.9 Å². The van der Waals surface area contributed by atoms with E-state index in [1.54, 1.807) is 34.0 Å². The van der Waals surface area contributed by atoms with E-state index in [1.807, 2.05) is 38.1 Å². The SMILES string of the molecule is CCC(C)=C/C=C(/O)c1ccc(OC)cc1C.COC(=O)C1CCCN1C(=O)OC(C)(C)C. The number of hydrogen-bond acceptors (Lipinski definition) is 6. The van der Waals surface area contributed by atoms with Crippen LogP contribution in [0.3, 0.4) is 0 Å². The molecule has 1 aromatic rings. The minimum atomic E-state index is -0.541. The molecular formula is C26H39NO6. The molecule has 0 aromatic heterocycles. The molecule has 1 aromatic carbocycles. The third kappa shape index (κ3) is 9.20. The Morgan fingerprint density at radius 3 is 2.39 bits per heavy atom. The van der Waals surface area contributed by atoms with Crippen molar-refractivity contribution in [3.05, 3.63) is 47.1 Å². The number of hydrogen-bond donors (Lipinski definition) is 1. The molecule has 0 saturated carbocycles. The van der Waals surface area contributed by atoms with Crippen LogP contribution in [-0.2, 0) is 14.3 Å². The maximum atomic E-state index is 11.8. The van der Waals surface area contributed by atoms with Gasteiger partial charge in [0.05, 0.1) is 14.2 Å². The van der Waals surface area contributed by atoms with Crippen molar-refractivity contribution in [1.82, 2.24) is 4.90 Å². The molecule has 0 bridgehead atoms. The average molecular weight is 462 g/mol.